The summed E-state index contributed by atoms with van der Waals surface area (Å²) in [5, 5.41) is 4.27. The first kappa shape index (κ1) is 22.2. The molecule has 1 atom stereocenters. The molecule has 0 aromatic heterocycles. The Morgan fingerprint density at radius 3 is 1.52 bits per heavy atom. The third kappa shape index (κ3) is 4.81. The second-order valence-electron chi connectivity index (χ2n) is 7.78. The van der Waals surface area contributed by atoms with Crippen molar-refractivity contribution in [1.29, 1.82) is 0 Å². The van der Waals surface area contributed by atoms with Gasteiger partial charge in [0.15, 0.2) is 5.79 Å². The van der Waals surface area contributed by atoms with E-state index >= 15 is 0 Å². The van der Waals surface area contributed by atoms with Crippen LogP contribution in [0.25, 0.3) is 0 Å². The van der Waals surface area contributed by atoms with E-state index in [0.717, 1.165) is 12.6 Å². The second kappa shape index (κ2) is 9.53. The predicted octanol–water partition coefficient (Wildman–Crippen LogP) is 1.53. The molecule has 3 aromatic rings. The lowest BCUT2D eigenvalue weighted by Crippen LogP contribution is -3.00. The fourth-order valence-corrected chi connectivity index (χ4v) is 8.51. The van der Waals surface area contributed by atoms with Gasteiger partial charge in [-0.05, 0) is 50.2 Å². The van der Waals surface area contributed by atoms with Gasteiger partial charge in [0.1, 0.15) is 23.2 Å². The molecule has 0 N–H and O–H groups in total. The first-order valence-corrected chi connectivity index (χ1v) is 11.9. The molecule has 0 bridgehead atoms. The largest absolute Gasteiger partial charge is 1.00 e. The molecule has 1 heterocycles. The molecule has 0 aliphatic carbocycles. The number of ether oxygens (including phenoxy) is 2. The zero-order valence-corrected chi connectivity index (χ0v) is 19.5. The lowest BCUT2D eigenvalue weighted by molar-refractivity contribution is -0.138. The summed E-state index contributed by atoms with van der Waals surface area (Å²) in [6.45, 7) is 4.67. The van der Waals surface area contributed by atoms with E-state index in [1.165, 1.54) is 15.9 Å². The van der Waals surface area contributed by atoms with E-state index in [1.54, 1.807) is 0 Å². The van der Waals surface area contributed by atoms with Crippen LogP contribution >= 0.6 is 7.26 Å². The average Bonchev–Trinajstić information content (AvgIpc) is 3.10. The number of benzene rings is 3. The van der Waals surface area contributed by atoms with E-state index in [2.05, 4.69) is 91.0 Å². The molecule has 4 rings (SSSR count). The summed E-state index contributed by atoms with van der Waals surface area (Å²) < 4.78 is 12.0. The molecule has 0 unspecified atom stereocenters. The van der Waals surface area contributed by atoms with Crippen LogP contribution in [0.2, 0.25) is 0 Å². The van der Waals surface area contributed by atoms with Gasteiger partial charge in [0.05, 0.1) is 18.9 Å². The summed E-state index contributed by atoms with van der Waals surface area (Å²) in [7, 11) is -1.78. The molecule has 1 aliphatic heterocycles. The van der Waals surface area contributed by atoms with Crippen LogP contribution in [0.5, 0.6) is 0 Å². The molecule has 152 valence electrons. The Kier molecular flexibility index (Phi) is 7.29. The van der Waals surface area contributed by atoms with E-state index in [9.17, 15) is 0 Å². The second-order valence-corrected chi connectivity index (χ2v) is 11.4. The summed E-state index contributed by atoms with van der Waals surface area (Å²) in [5.41, 5.74) is 0. The van der Waals surface area contributed by atoms with Crippen LogP contribution < -0.4 is 32.9 Å². The van der Waals surface area contributed by atoms with Gasteiger partial charge in [-0.15, -0.1) is 0 Å². The Labute approximate surface area is 185 Å². The highest BCUT2D eigenvalue weighted by Crippen LogP contribution is 2.56. The Morgan fingerprint density at radius 2 is 1.17 bits per heavy atom. The molecule has 4 heteroatoms. The topological polar surface area (TPSA) is 18.5 Å². The van der Waals surface area contributed by atoms with E-state index in [1.807, 2.05) is 13.8 Å². The SMILES string of the molecule is CC1(C)OC[C@@H](CC[P+](c2ccccc2)(c2ccccc2)c2ccccc2)O1.[Br-]. The lowest BCUT2D eigenvalue weighted by atomic mass is 10.3. The average molecular weight is 471 g/mol. The Balaban J connectivity index is 0.00000240. The van der Waals surface area contributed by atoms with Crippen LogP contribution in [0.3, 0.4) is 0 Å². The van der Waals surface area contributed by atoms with Gasteiger partial charge >= 0.3 is 0 Å². The number of rotatable bonds is 6. The number of hydrogen-bond acceptors (Lipinski definition) is 2. The predicted molar refractivity (Wildman–Crippen MR) is 120 cm³/mol. The van der Waals surface area contributed by atoms with Gasteiger partial charge in [0, 0.05) is 6.42 Å². The summed E-state index contributed by atoms with van der Waals surface area (Å²) in [6, 6.07) is 33.0. The third-order valence-electron chi connectivity index (χ3n) is 5.44. The zero-order chi connectivity index (χ0) is 19.5. The highest BCUT2D eigenvalue weighted by Gasteiger charge is 2.46. The van der Waals surface area contributed by atoms with Crippen LogP contribution in [0.4, 0.5) is 0 Å². The minimum Gasteiger partial charge on any atom is -1.00 e. The molecule has 0 saturated carbocycles. The van der Waals surface area contributed by atoms with Gasteiger partial charge < -0.3 is 26.5 Å². The molecular formula is C25H28BrO2P. The lowest BCUT2D eigenvalue weighted by Gasteiger charge is -2.28. The summed E-state index contributed by atoms with van der Waals surface area (Å²) in [4.78, 5) is 0. The Bertz CT molecular complexity index is 788. The maximum Gasteiger partial charge on any atom is 0.163 e. The minimum absolute atomic E-state index is 0. The monoisotopic (exact) mass is 470 g/mol. The van der Waals surface area contributed by atoms with E-state index < -0.39 is 13.0 Å². The Morgan fingerprint density at radius 1 is 0.759 bits per heavy atom. The van der Waals surface area contributed by atoms with Gasteiger partial charge in [-0.3, -0.25) is 0 Å². The van der Waals surface area contributed by atoms with Crippen LogP contribution in [0.1, 0.15) is 20.3 Å². The van der Waals surface area contributed by atoms with Crippen molar-refractivity contribution < 1.29 is 26.5 Å². The van der Waals surface area contributed by atoms with Crippen molar-refractivity contribution in [2.45, 2.75) is 32.2 Å². The van der Waals surface area contributed by atoms with Gasteiger partial charge in [0.2, 0.25) is 0 Å². The zero-order valence-electron chi connectivity index (χ0n) is 17.0. The van der Waals surface area contributed by atoms with Crippen molar-refractivity contribution in [3.8, 4) is 0 Å². The van der Waals surface area contributed by atoms with Crippen LogP contribution in [0, 0.1) is 0 Å². The van der Waals surface area contributed by atoms with Crippen molar-refractivity contribution in [2.24, 2.45) is 0 Å². The summed E-state index contributed by atoms with van der Waals surface area (Å²) >= 11 is 0. The molecule has 1 fully saturated rings. The van der Waals surface area contributed by atoms with Crippen molar-refractivity contribution >= 4 is 23.2 Å². The van der Waals surface area contributed by atoms with Crippen molar-refractivity contribution in [3.05, 3.63) is 91.0 Å². The molecule has 1 saturated heterocycles. The molecule has 2 nitrogen and oxygen atoms in total. The van der Waals surface area contributed by atoms with Crippen LogP contribution in [-0.2, 0) is 9.47 Å². The van der Waals surface area contributed by atoms with E-state index in [-0.39, 0.29) is 23.1 Å². The van der Waals surface area contributed by atoms with E-state index in [4.69, 9.17) is 9.47 Å². The first-order chi connectivity index (χ1) is 13.6. The molecule has 0 spiro atoms. The van der Waals surface area contributed by atoms with Crippen molar-refractivity contribution in [3.63, 3.8) is 0 Å². The Hall–Kier alpha value is -1.51. The van der Waals surface area contributed by atoms with Gasteiger partial charge in [-0.25, -0.2) is 0 Å². The fraction of sp³-hybridized carbons (Fsp3) is 0.280. The normalized spacial score (nSPS) is 18.2. The smallest absolute Gasteiger partial charge is 0.163 e. The van der Waals surface area contributed by atoms with Crippen LogP contribution in [0.15, 0.2) is 91.0 Å². The highest BCUT2D eigenvalue weighted by atomic mass is 79.9. The summed E-state index contributed by atoms with van der Waals surface area (Å²) in [6.07, 6.45) is 2.19. The standard InChI is InChI=1S/C25H28O2P.BrH/c1-25(2)26-20-21(27-25)18-19-28(22-12-6-3-7-13-22,23-14-8-4-9-15-23)24-16-10-5-11-17-24;/h3-17,21H,18-20H2,1-2H3;1H/q+1;/p-1/t21-;/m1./s1. The van der Waals surface area contributed by atoms with Gasteiger partial charge in [-0.2, -0.15) is 0 Å². The molecule has 0 amide bonds. The summed E-state index contributed by atoms with van der Waals surface area (Å²) in [5.74, 6) is -0.474. The van der Waals surface area contributed by atoms with Crippen LogP contribution in [-0.4, -0.2) is 24.7 Å². The maximum absolute atomic E-state index is 6.15. The van der Waals surface area contributed by atoms with Gasteiger partial charge in [0.25, 0.3) is 0 Å². The third-order valence-corrected chi connectivity index (χ3v) is 9.91. The van der Waals surface area contributed by atoms with Gasteiger partial charge in [-0.1, -0.05) is 54.6 Å². The first-order valence-electron chi connectivity index (χ1n) is 9.97. The fourth-order valence-electron chi connectivity index (χ4n) is 4.12. The molecule has 0 radical (unpaired) electrons. The highest BCUT2D eigenvalue weighted by molar-refractivity contribution is 7.95. The molecule has 1 aliphatic rings. The quantitative estimate of drug-likeness (QED) is 0.508. The molecule has 29 heavy (non-hydrogen) atoms. The number of halogens is 1. The minimum atomic E-state index is -1.78. The maximum atomic E-state index is 6.15. The number of hydrogen-bond donors (Lipinski definition) is 0. The van der Waals surface area contributed by atoms with Crippen molar-refractivity contribution in [1.82, 2.24) is 0 Å². The van der Waals surface area contributed by atoms with E-state index in [0.29, 0.717) is 6.61 Å². The molecule has 3 aromatic carbocycles. The van der Waals surface area contributed by atoms with Crippen molar-refractivity contribution in [2.75, 3.05) is 12.8 Å². The molecular weight excluding hydrogens is 443 g/mol.